The molecule has 6 nitrogen and oxygen atoms in total. The van der Waals surface area contributed by atoms with E-state index in [1.807, 2.05) is 0 Å². The average Bonchev–Trinajstić information content (AvgIpc) is 2.43. The molecule has 0 radical (unpaired) electrons. The highest BCUT2D eigenvalue weighted by molar-refractivity contribution is 5.82. The molecule has 2 unspecified atom stereocenters. The molecule has 2 fully saturated rings. The number of piperazine rings is 1. The number of aliphatic carboxylic acids is 1. The Bertz CT molecular complexity index is 348. The zero-order valence-electron chi connectivity index (χ0n) is 11.5. The van der Waals surface area contributed by atoms with Crippen molar-refractivity contribution in [1.82, 2.24) is 15.1 Å². The fourth-order valence-electron chi connectivity index (χ4n) is 2.92. The van der Waals surface area contributed by atoms with Crippen LogP contribution in [-0.4, -0.2) is 65.2 Å². The highest BCUT2D eigenvalue weighted by Gasteiger charge is 2.32. The number of carboxylic acids is 1. The summed E-state index contributed by atoms with van der Waals surface area (Å²) < 4.78 is 0. The van der Waals surface area contributed by atoms with Crippen LogP contribution < -0.4 is 5.32 Å². The maximum Gasteiger partial charge on any atom is 0.326 e. The zero-order chi connectivity index (χ0) is 13.8. The van der Waals surface area contributed by atoms with Crippen LogP contribution in [0.5, 0.6) is 0 Å². The molecule has 0 aromatic heterocycles. The zero-order valence-corrected chi connectivity index (χ0v) is 11.5. The number of carboxylic acid groups (broad SMARTS) is 1. The van der Waals surface area contributed by atoms with Crippen molar-refractivity contribution in [3.63, 3.8) is 0 Å². The highest BCUT2D eigenvalue weighted by atomic mass is 16.4. The molecule has 2 heterocycles. The van der Waals surface area contributed by atoms with Gasteiger partial charge in [0.05, 0.1) is 0 Å². The summed E-state index contributed by atoms with van der Waals surface area (Å²) in [7, 11) is 0. The number of hydrogen-bond acceptors (Lipinski definition) is 3. The van der Waals surface area contributed by atoms with Gasteiger partial charge in [0.15, 0.2) is 0 Å². The molecule has 2 N–H and O–H groups in total. The molecule has 6 heteroatoms. The monoisotopic (exact) mass is 269 g/mol. The minimum atomic E-state index is -0.966. The minimum absolute atomic E-state index is 0.237. The van der Waals surface area contributed by atoms with Gasteiger partial charge >= 0.3 is 12.0 Å². The third kappa shape index (κ3) is 3.37. The molecule has 2 atom stereocenters. The molecule has 2 saturated heterocycles. The van der Waals surface area contributed by atoms with Crippen molar-refractivity contribution in [2.75, 3.05) is 26.2 Å². The van der Waals surface area contributed by atoms with E-state index in [4.69, 9.17) is 5.11 Å². The number of hydrogen-bond donors (Lipinski definition) is 2. The number of urea groups is 1. The van der Waals surface area contributed by atoms with Crippen molar-refractivity contribution >= 4 is 12.0 Å². The van der Waals surface area contributed by atoms with E-state index in [1.165, 1.54) is 12.8 Å². The number of nitrogens with one attached hydrogen (secondary N) is 1. The number of fused-ring (bicyclic) bond motifs is 1. The van der Waals surface area contributed by atoms with Gasteiger partial charge in [-0.1, -0.05) is 13.3 Å². The Kier molecular flexibility index (Phi) is 4.63. The van der Waals surface area contributed by atoms with Gasteiger partial charge in [0.25, 0.3) is 0 Å². The first-order chi connectivity index (χ1) is 9.11. The van der Waals surface area contributed by atoms with Crippen LogP contribution in [0.2, 0.25) is 0 Å². The van der Waals surface area contributed by atoms with Gasteiger partial charge in [-0.15, -0.1) is 0 Å². The summed E-state index contributed by atoms with van der Waals surface area (Å²) in [6.07, 6.45) is 4.02. The van der Waals surface area contributed by atoms with Gasteiger partial charge in [-0.05, 0) is 25.8 Å². The molecule has 0 aliphatic carbocycles. The lowest BCUT2D eigenvalue weighted by Gasteiger charge is -2.44. The average molecular weight is 269 g/mol. The van der Waals surface area contributed by atoms with Crippen LogP contribution in [0.4, 0.5) is 4.79 Å². The number of amides is 2. The summed E-state index contributed by atoms with van der Waals surface area (Å²) in [5.74, 6) is -0.966. The van der Waals surface area contributed by atoms with Crippen molar-refractivity contribution < 1.29 is 14.7 Å². The van der Waals surface area contributed by atoms with E-state index in [1.54, 1.807) is 11.8 Å². The molecular formula is C13H23N3O3. The lowest BCUT2D eigenvalue weighted by atomic mass is 10.00. The Morgan fingerprint density at radius 3 is 2.79 bits per heavy atom. The maximum atomic E-state index is 12.1. The van der Waals surface area contributed by atoms with E-state index in [-0.39, 0.29) is 6.03 Å². The first-order valence-electron chi connectivity index (χ1n) is 7.14. The Morgan fingerprint density at radius 1 is 1.32 bits per heavy atom. The van der Waals surface area contributed by atoms with Gasteiger partial charge in [-0.2, -0.15) is 0 Å². The molecule has 2 rings (SSSR count). The normalized spacial score (nSPS) is 25.5. The van der Waals surface area contributed by atoms with Crippen LogP contribution in [-0.2, 0) is 4.79 Å². The fourth-order valence-corrected chi connectivity index (χ4v) is 2.92. The van der Waals surface area contributed by atoms with Crippen molar-refractivity contribution in [3.8, 4) is 0 Å². The summed E-state index contributed by atoms with van der Waals surface area (Å²) in [6, 6.07) is -0.561. The summed E-state index contributed by atoms with van der Waals surface area (Å²) >= 11 is 0. The van der Waals surface area contributed by atoms with E-state index >= 15 is 0 Å². The third-order valence-electron chi connectivity index (χ3n) is 4.13. The number of carbonyl (C=O) groups excluding carboxylic acids is 1. The van der Waals surface area contributed by atoms with Crippen molar-refractivity contribution in [3.05, 3.63) is 0 Å². The van der Waals surface area contributed by atoms with Gasteiger partial charge in [-0.3, -0.25) is 4.90 Å². The van der Waals surface area contributed by atoms with Crippen LogP contribution in [0.15, 0.2) is 0 Å². The molecule has 108 valence electrons. The molecule has 0 bridgehead atoms. The van der Waals surface area contributed by atoms with Gasteiger partial charge in [0.1, 0.15) is 6.04 Å². The van der Waals surface area contributed by atoms with Gasteiger partial charge in [0, 0.05) is 25.7 Å². The molecule has 2 aliphatic rings. The van der Waals surface area contributed by atoms with Gasteiger partial charge in [-0.25, -0.2) is 9.59 Å². The van der Waals surface area contributed by atoms with Crippen LogP contribution in [0.1, 0.15) is 32.6 Å². The largest absolute Gasteiger partial charge is 0.480 e. The predicted octanol–water partition coefficient (Wildman–Crippen LogP) is 0.729. The second-order valence-electron chi connectivity index (χ2n) is 5.38. The second-order valence-corrected chi connectivity index (χ2v) is 5.38. The van der Waals surface area contributed by atoms with Crippen LogP contribution in [0, 0.1) is 0 Å². The van der Waals surface area contributed by atoms with E-state index in [0.717, 1.165) is 26.1 Å². The second kappa shape index (κ2) is 6.23. The molecule has 0 spiro atoms. The molecular weight excluding hydrogens is 246 g/mol. The van der Waals surface area contributed by atoms with E-state index < -0.39 is 12.0 Å². The van der Waals surface area contributed by atoms with Crippen molar-refractivity contribution in [2.24, 2.45) is 0 Å². The quantitative estimate of drug-likeness (QED) is 0.792. The third-order valence-corrected chi connectivity index (χ3v) is 4.13. The molecule has 2 aliphatic heterocycles. The molecule has 0 aromatic carbocycles. The molecule has 0 saturated carbocycles. The number of nitrogens with zero attached hydrogens (tertiary/aromatic N) is 2. The highest BCUT2D eigenvalue weighted by Crippen LogP contribution is 2.21. The smallest absolute Gasteiger partial charge is 0.326 e. The Balaban J connectivity index is 1.88. The molecule has 2 amide bonds. The molecule has 0 aromatic rings. The summed E-state index contributed by atoms with van der Waals surface area (Å²) in [5.41, 5.74) is 0. The summed E-state index contributed by atoms with van der Waals surface area (Å²) in [4.78, 5) is 27.2. The van der Waals surface area contributed by atoms with Crippen LogP contribution in [0.3, 0.4) is 0 Å². The standard InChI is InChI=1S/C13H23N3O3/c1-2-11(12(17)18)14-13(19)16-8-7-15-6-4-3-5-10(15)9-16/h10-11H,2-9H2,1H3,(H,14,19)(H,17,18). The Hall–Kier alpha value is -1.30. The van der Waals surface area contributed by atoms with E-state index in [9.17, 15) is 9.59 Å². The van der Waals surface area contributed by atoms with Crippen LogP contribution in [0.25, 0.3) is 0 Å². The number of carbonyl (C=O) groups is 2. The minimum Gasteiger partial charge on any atom is -0.480 e. The number of piperidine rings is 1. The first kappa shape index (κ1) is 14.1. The fraction of sp³-hybridized carbons (Fsp3) is 0.846. The maximum absolute atomic E-state index is 12.1. The Labute approximate surface area is 113 Å². The van der Waals surface area contributed by atoms with Gasteiger partial charge < -0.3 is 15.3 Å². The van der Waals surface area contributed by atoms with E-state index in [0.29, 0.717) is 19.0 Å². The van der Waals surface area contributed by atoms with Crippen molar-refractivity contribution in [2.45, 2.75) is 44.7 Å². The molecule has 19 heavy (non-hydrogen) atoms. The lowest BCUT2D eigenvalue weighted by Crippen LogP contribution is -2.59. The number of rotatable bonds is 3. The lowest BCUT2D eigenvalue weighted by molar-refractivity contribution is -0.139. The Morgan fingerprint density at radius 2 is 2.11 bits per heavy atom. The predicted molar refractivity (Wildman–Crippen MR) is 71.0 cm³/mol. The van der Waals surface area contributed by atoms with Crippen LogP contribution >= 0.6 is 0 Å². The summed E-state index contributed by atoms with van der Waals surface area (Å²) in [6.45, 7) is 5.22. The van der Waals surface area contributed by atoms with Crippen molar-refractivity contribution in [1.29, 1.82) is 0 Å². The van der Waals surface area contributed by atoms with Gasteiger partial charge in [0.2, 0.25) is 0 Å². The van der Waals surface area contributed by atoms with E-state index in [2.05, 4.69) is 10.2 Å². The topological polar surface area (TPSA) is 72.9 Å². The SMILES string of the molecule is CCC(NC(=O)N1CCN2CCCCC2C1)C(=O)O. The summed E-state index contributed by atoms with van der Waals surface area (Å²) in [5, 5.41) is 11.6. The first-order valence-corrected chi connectivity index (χ1v) is 7.14.